The van der Waals surface area contributed by atoms with Crippen molar-refractivity contribution in [3.8, 4) is 5.75 Å². The molecule has 2 aromatic carbocycles. The van der Waals surface area contributed by atoms with Crippen LogP contribution in [0.5, 0.6) is 5.75 Å². The van der Waals surface area contributed by atoms with E-state index in [0.29, 0.717) is 0 Å². The van der Waals surface area contributed by atoms with E-state index >= 15 is 0 Å². The Morgan fingerprint density at radius 2 is 1.90 bits per heavy atom. The number of fused-ring (bicyclic) bond motifs is 1. The van der Waals surface area contributed by atoms with Crippen LogP contribution in [0.25, 0.3) is 0 Å². The highest BCUT2D eigenvalue weighted by molar-refractivity contribution is 9.10. The summed E-state index contributed by atoms with van der Waals surface area (Å²) in [6, 6.07) is 15.0. The second-order valence-electron chi connectivity index (χ2n) is 5.22. The molecule has 0 saturated heterocycles. The van der Waals surface area contributed by atoms with Crippen molar-refractivity contribution in [3.05, 3.63) is 63.6 Å². The maximum atomic E-state index is 5.20. The van der Waals surface area contributed by atoms with Gasteiger partial charge in [-0.2, -0.15) is 0 Å². The number of nitrogens with zero attached hydrogens (tertiary/aromatic N) is 1. The molecule has 1 aliphatic heterocycles. The van der Waals surface area contributed by atoms with Crippen LogP contribution in [-0.4, -0.2) is 18.6 Å². The van der Waals surface area contributed by atoms with Gasteiger partial charge >= 0.3 is 0 Å². The van der Waals surface area contributed by atoms with E-state index in [2.05, 4.69) is 51.2 Å². The molecule has 0 bridgehead atoms. The Morgan fingerprint density at radius 1 is 1.10 bits per heavy atom. The highest BCUT2D eigenvalue weighted by Crippen LogP contribution is 2.24. The average molecular weight is 332 g/mol. The van der Waals surface area contributed by atoms with Crippen LogP contribution in [-0.2, 0) is 19.5 Å². The number of benzene rings is 2. The third-order valence-corrected chi connectivity index (χ3v) is 4.32. The maximum Gasteiger partial charge on any atom is 0.118 e. The third-order valence-electron chi connectivity index (χ3n) is 3.82. The highest BCUT2D eigenvalue weighted by Gasteiger charge is 2.16. The molecule has 20 heavy (non-hydrogen) atoms. The molecule has 0 unspecified atom stereocenters. The smallest absolute Gasteiger partial charge is 0.118 e. The second-order valence-corrected chi connectivity index (χ2v) is 6.14. The molecule has 3 rings (SSSR count). The predicted octanol–water partition coefficient (Wildman–Crippen LogP) is 4.02. The third kappa shape index (κ3) is 3.05. The molecule has 0 fully saturated rings. The van der Waals surface area contributed by atoms with Gasteiger partial charge in [-0.3, -0.25) is 4.90 Å². The summed E-state index contributed by atoms with van der Waals surface area (Å²) in [5.74, 6) is 0.919. The Morgan fingerprint density at radius 3 is 2.65 bits per heavy atom. The molecule has 104 valence electrons. The van der Waals surface area contributed by atoms with E-state index in [4.69, 9.17) is 4.74 Å². The van der Waals surface area contributed by atoms with E-state index in [-0.39, 0.29) is 0 Å². The summed E-state index contributed by atoms with van der Waals surface area (Å²) < 4.78 is 6.38. The molecular formula is C17H18BrNO. The van der Waals surface area contributed by atoms with Gasteiger partial charge in [-0.15, -0.1) is 0 Å². The van der Waals surface area contributed by atoms with Crippen LogP contribution < -0.4 is 4.74 Å². The summed E-state index contributed by atoms with van der Waals surface area (Å²) in [6.45, 7) is 3.16. The van der Waals surface area contributed by atoms with Crippen molar-refractivity contribution in [2.75, 3.05) is 13.7 Å². The van der Waals surface area contributed by atoms with Gasteiger partial charge in [0.2, 0.25) is 0 Å². The Labute approximate surface area is 128 Å². The lowest BCUT2D eigenvalue weighted by molar-refractivity contribution is 0.245. The zero-order chi connectivity index (χ0) is 13.9. The molecule has 1 aliphatic rings. The molecule has 0 spiro atoms. The van der Waals surface area contributed by atoms with Crippen molar-refractivity contribution in [1.29, 1.82) is 0 Å². The number of halogens is 1. The minimum Gasteiger partial charge on any atom is -0.497 e. The molecule has 0 aromatic heterocycles. The molecule has 0 amide bonds. The van der Waals surface area contributed by atoms with Gasteiger partial charge in [0.05, 0.1) is 7.11 Å². The molecular weight excluding hydrogens is 314 g/mol. The maximum absolute atomic E-state index is 5.20. The number of ether oxygens (including phenoxy) is 1. The first kappa shape index (κ1) is 13.7. The Bertz CT molecular complexity index is 594. The first-order chi connectivity index (χ1) is 9.74. The molecule has 0 N–H and O–H groups in total. The van der Waals surface area contributed by atoms with E-state index in [1.165, 1.54) is 21.2 Å². The number of rotatable bonds is 3. The average Bonchev–Trinajstić information content (AvgIpc) is 2.48. The lowest BCUT2D eigenvalue weighted by atomic mass is 9.99. The monoisotopic (exact) mass is 331 g/mol. The first-order valence-electron chi connectivity index (χ1n) is 6.87. The topological polar surface area (TPSA) is 12.5 Å². The van der Waals surface area contributed by atoms with E-state index in [1.807, 2.05) is 12.1 Å². The van der Waals surface area contributed by atoms with Crippen LogP contribution in [0, 0.1) is 0 Å². The van der Waals surface area contributed by atoms with Crippen molar-refractivity contribution in [1.82, 2.24) is 4.90 Å². The summed E-state index contributed by atoms with van der Waals surface area (Å²) >= 11 is 3.55. The molecule has 2 nitrogen and oxygen atoms in total. The van der Waals surface area contributed by atoms with Gasteiger partial charge in [-0.25, -0.2) is 0 Å². The van der Waals surface area contributed by atoms with Crippen molar-refractivity contribution in [2.24, 2.45) is 0 Å². The van der Waals surface area contributed by atoms with Gasteiger partial charge in [0.25, 0.3) is 0 Å². The van der Waals surface area contributed by atoms with Crippen LogP contribution in [0.1, 0.15) is 16.7 Å². The van der Waals surface area contributed by atoms with Crippen LogP contribution in [0.15, 0.2) is 46.9 Å². The van der Waals surface area contributed by atoms with Gasteiger partial charge < -0.3 is 4.74 Å². The molecule has 1 heterocycles. The summed E-state index contributed by atoms with van der Waals surface area (Å²) in [5, 5.41) is 0. The second kappa shape index (κ2) is 5.98. The SMILES string of the molecule is COc1ccc(CN2CCc3cc(Br)ccc3C2)cc1. The fourth-order valence-corrected chi connectivity index (χ4v) is 3.11. The Hall–Kier alpha value is -1.32. The van der Waals surface area contributed by atoms with Gasteiger partial charge in [-0.05, 0) is 47.4 Å². The first-order valence-corrected chi connectivity index (χ1v) is 7.66. The number of methoxy groups -OCH3 is 1. The Balaban J connectivity index is 1.69. The summed E-state index contributed by atoms with van der Waals surface area (Å²) in [4.78, 5) is 2.50. The van der Waals surface area contributed by atoms with Crippen molar-refractivity contribution in [2.45, 2.75) is 19.5 Å². The van der Waals surface area contributed by atoms with Crippen LogP contribution in [0.3, 0.4) is 0 Å². The van der Waals surface area contributed by atoms with E-state index in [1.54, 1.807) is 7.11 Å². The van der Waals surface area contributed by atoms with Gasteiger partial charge in [0.1, 0.15) is 5.75 Å². The fourth-order valence-electron chi connectivity index (χ4n) is 2.70. The zero-order valence-corrected chi connectivity index (χ0v) is 13.2. The van der Waals surface area contributed by atoms with E-state index < -0.39 is 0 Å². The quantitative estimate of drug-likeness (QED) is 0.842. The summed E-state index contributed by atoms with van der Waals surface area (Å²) in [5.41, 5.74) is 4.27. The van der Waals surface area contributed by atoms with Crippen LogP contribution in [0.2, 0.25) is 0 Å². The predicted molar refractivity (Wildman–Crippen MR) is 85.0 cm³/mol. The summed E-state index contributed by atoms with van der Waals surface area (Å²) in [6.07, 6.45) is 1.13. The lowest BCUT2D eigenvalue weighted by Crippen LogP contribution is -2.29. The fraction of sp³-hybridized carbons (Fsp3) is 0.294. The Kier molecular flexibility index (Phi) is 4.08. The van der Waals surface area contributed by atoms with Gasteiger partial charge in [-0.1, -0.05) is 34.1 Å². The van der Waals surface area contributed by atoms with Crippen molar-refractivity contribution in [3.63, 3.8) is 0 Å². The van der Waals surface area contributed by atoms with Crippen molar-refractivity contribution < 1.29 is 4.74 Å². The molecule has 0 saturated carbocycles. The molecule has 0 aliphatic carbocycles. The van der Waals surface area contributed by atoms with E-state index in [9.17, 15) is 0 Å². The minimum atomic E-state index is 0.919. The normalized spacial score (nSPS) is 14.9. The number of hydrogen-bond acceptors (Lipinski definition) is 2. The highest BCUT2D eigenvalue weighted by atomic mass is 79.9. The largest absolute Gasteiger partial charge is 0.497 e. The van der Waals surface area contributed by atoms with Crippen molar-refractivity contribution >= 4 is 15.9 Å². The lowest BCUT2D eigenvalue weighted by Gasteiger charge is -2.29. The zero-order valence-electron chi connectivity index (χ0n) is 11.6. The minimum absolute atomic E-state index is 0.919. The van der Waals surface area contributed by atoms with E-state index in [0.717, 1.165) is 31.8 Å². The molecule has 2 aromatic rings. The van der Waals surface area contributed by atoms with Crippen LogP contribution >= 0.6 is 15.9 Å². The standard InChI is InChI=1S/C17H18BrNO/c1-20-17-6-2-13(3-7-17)11-19-9-8-14-10-16(18)5-4-15(14)12-19/h2-7,10H,8-9,11-12H2,1H3. The molecule has 0 radical (unpaired) electrons. The summed E-state index contributed by atoms with van der Waals surface area (Å²) in [7, 11) is 1.70. The van der Waals surface area contributed by atoms with Crippen LogP contribution in [0.4, 0.5) is 0 Å². The van der Waals surface area contributed by atoms with Gasteiger partial charge in [0, 0.05) is 24.1 Å². The van der Waals surface area contributed by atoms with Gasteiger partial charge in [0.15, 0.2) is 0 Å². The molecule has 0 atom stereocenters. The number of hydrogen-bond donors (Lipinski definition) is 0. The molecule has 3 heteroatoms.